The van der Waals surface area contributed by atoms with Crippen LogP contribution in [0.1, 0.15) is 34.9 Å². The normalized spacial score (nSPS) is 15.5. The Morgan fingerprint density at radius 2 is 2.00 bits per heavy atom. The molecule has 3 atom stereocenters. The minimum Gasteiger partial charge on any atom is -0.394 e. The van der Waals surface area contributed by atoms with Crippen molar-refractivity contribution >= 4 is 11.6 Å². The Morgan fingerprint density at radius 3 is 2.64 bits per heavy atom. The number of carbonyl (C=O) groups is 1. The summed E-state index contributed by atoms with van der Waals surface area (Å²) in [5, 5.41) is 41.7. The Kier molecular flexibility index (Phi) is 6.31. The van der Waals surface area contributed by atoms with Gasteiger partial charge in [0, 0.05) is 18.0 Å². The second-order valence-corrected chi connectivity index (χ2v) is 5.25. The molecule has 0 saturated carbocycles. The van der Waals surface area contributed by atoms with E-state index >= 15 is 0 Å². The first-order valence-corrected chi connectivity index (χ1v) is 7.39. The maximum Gasteiger partial charge on any atom is 0.271 e. The van der Waals surface area contributed by atoms with Gasteiger partial charge in [-0.1, -0.05) is 0 Å². The third kappa shape index (κ3) is 4.67. The van der Waals surface area contributed by atoms with Crippen LogP contribution in [0.2, 0.25) is 0 Å². The summed E-state index contributed by atoms with van der Waals surface area (Å²) in [6.07, 6.45) is -0.312. The third-order valence-electron chi connectivity index (χ3n) is 3.43. The van der Waals surface area contributed by atoms with E-state index in [2.05, 4.69) is 25.5 Å². The summed E-state index contributed by atoms with van der Waals surface area (Å²) in [4.78, 5) is 22.4. The molecule has 1 amide bonds. The lowest BCUT2D eigenvalue weighted by molar-refractivity contribution is -0.0788. The zero-order valence-electron chi connectivity index (χ0n) is 13.4. The fourth-order valence-corrected chi connectivity index (χ4v) is 1.93. The lowest BCUT2D eigenvalue weighted by Crippen LogP contribution is -2.34. The number of rotatable bonds is 7. The predicted molar refractivity (Wildman–Crippen MR) is 86.6 cm³/mol. The van der Waals surface area contributed by atoms with Crippen LogP contribution in [0.3, 0.4) is 0 Å². The number of nitrogens with zero attached hydrogens (tertiary/aromatic N) is 3. The second kappa shape index (κ2) is 8.44. The van der Waals surface area contributed by atoms with Crippen LogP contribution in [0, 0.1) is 0 Å². The van der Waals surface area contributed by atoms with Gasteiger partial charge in [-0.2, -0.15) is 5.10 Å². The van der Waals surface area contributed by atoms with Crippen molar-refractivity contribution in [2.45, 2.75) is 25.2 Å². The minimum absolute atomic E-state index is 0.130. The van der Waals surface area contributed by atoms with E-state index in [4.69, 9.17) is 5.11 Å². The number of hydrogen-bond donors (Lipinski definition) is 6. The summed E-state index contributed by atoms with van der Waals surface area (Å²) in [5.41, 5.74) is 3.22. The molecule has 2 aromatic rings. The summed E-state index contributed by atoms with van der Waals surface area (Å²) in [6.45, 7) is 0.890. The van der Waals surface area contributed by atoms with E-state index in [0.717, 1.165) is 0 Å². The Labute approximate surface area is 142 Å². The molecule has 0 aliphatic rings. The first-order chi connectivity index (χ1) is 11.9. The van der Waals surface area contributed by atoms with Crippen molar-refractivity contribution in [2.75, 3.05) is 6.61 Å². The highest BCUT2D eigenvalue weighted by atomic mass is 16.4. The Hall–Kier alpha value is -2.66. The minimum atomic E-state index is -1.58. The number of aromatic amines is 1. The van der Waals surface area contributed by atoms with Crippen molar-refractivity contribution in [3.63, 3.8) is 0 Å². The topological polar surface area (TPSA) is 164 Å². The highest BCUT2D eigenvalue weighted by Crippen LogP contribution is 2.17. The van der Waals surface area contributed by atoms with Crippen molar-refractivity contribution in [3.05, 3.63) is 47.8 Å². The fraction of sp³-hybridized carbons (Fsp3) is 0.333. The van der Waals surface area contributed by atoms with E-state index in [1.807, 2.05) is 0 Å². The molecule has 0 fully saturated rings. The first-order valence-electron chi connectivity index (χ1n) is 7.39. The van der Waals surface area contributed by atoms with Crippen LogP contribution in [-0.2, 0) is 0 Å². The van der Waals surface area contributed by atoms with Crippen LogP contribution in [0.25, 0.3) is 0 Å². The molecule has 25 heavy (non-hydrogen) atoms. The zero-order chi connectivity index (χ0) is 18.4. The quantitative estimate of drug-likeness (QED) is 0.267. The molecular formula is C15H19N5O5. The number of aromatic nitrogens is 3. The van der Waals surface area contributed by atoms with Crippen LogP contribution in [0.4, 0.5) is 0 Å². The first kappa shape index (κ1) is 18.7. The molecule has 0 spiro atoms. The van der Waals surface area contributed by atoms with Crippen molar-refractivity contribution in [1.29, 1.82) is 0 Å². The molecule has 2 heterocycles. The molecule has 0 aliphatic carbocycles. The highest BCUT2D eigenvalue weighted by Gasteiger charge is 2.27. The van der Waals surface area contributed by atoms with E-state index in [9.17, 15) is 20.1 Å². The number of imidazole rings is 1. The summed E-state index contributed by atoms with van der Waals surface area (Å²) < 4.78 is 0. The van der Waals surface area contributed by atoms with Crippen molar-refractivity contribution in [3.8, 4) is 0 Å². The Bertz CT molecular complexity index is 733. The van der Waals surface area contributed by atoms with Gasteiger partial charge in [-0.15, -0.1) is 0 Å². The maximum atomic E-state index is 11.9. The van der Waals surface area contributed by atoms with Crippen molar-refractivity contribution < 1.29 is 25.2 Å². The molecule has 0 aromatic carbocycles. The summed E-state index contributed by atoms with van der Waals surface area (Å²) in [7, 11) is 0. The lowest BCUT2D eigenvalue weighted by atomic mass is 10.1. The van der Waals surface area contributed by atoms with Gasteiger partial charge < -0.3 is 25.4 Å². The summed E-state index contributed by atoms with van der Waals surface area (Å²) >= 11 is 0. The number of pyridine rings is 1. The lowest BCUT2D eigenvalue weighted by Gasteiger charge is -2.20. The van der Waals surface area contributed by atoms with Gasteiger partial charge in [0.2, 0.25) is 0 Å². The monoisotopic (exact) mass is 349 g/mol. The number of hydrogen-bond acceptors (Lipinski definition) is 8. The molecule has 2 rings (SSSR count). The number of carbonyl (C=O) groups excluding carboxylic acids is 1. The maximum absolute atomic E-state index is 11.9. The van der Waals surface area contributed by atoms with Crippen LogP contribution in [0.15, 0.2) is 35.8 Å². The van der Waals surface area contributed by atoms with Gasteiger partial charge in [0.15, 0.2) is 5.82 Å². The van der Waals surface area contributed by atoms with Crippen LogP contribution >= 0.6 is 0 Å². The molecule has 6 N–H and O–H groups in total. The number of hydrazone groups is 1. The van der Waals surface area contributed by atoms with Crippen molar-refractivity contribution in [2.24, 2.45) is 5.10 Å². The molecule has 2 aromatic heterocycles. The van der Waals surface area contributed by atoms with Gasteiger partial charge >= 0.3 is 0 Å². The second-order valence-electron chi connectivity index (χ2n) is 5.25. The summed E-state index contributed by atoms with van der Waals surface area (Å²) in [6, 6.07) is 3.07. The van der Waals surface area contributed by atoms with E-state index in [1.165, 1.54) is 30.7 Å². The molecule has 0 radical (unpaired) electrons. The molecule has 0 unspecified atom stereocenters. The van der Waals surface area contributed by atoms with Gasteiger partial charge in [0.05, 0.1) is 18.5 Å². The number of H-pyrrole nitrogens is 1. The predicted octanol–water partition coefficient (Wildman–Crippen LogP) is -1.29. The summed E-state index contributed by atoms with van der Waals surface area (Å²) in [5.74, 6) is -0.162. The van der Waals surface area contributed by atoms with Gasteiger partial charge in [0.25, 0.3) is 5.91 Å². The largest absolute Gasteiger partial charge is 0.394 e. The molecule has 0 aliphatic heterocycles. The fourth-order valence-electron chi connectivity index (χ4n) is 1.93. The van der Waals surface area contributed by atoms with Gasteiger partial charge in [-0.05, 0) is 19.1 Å². The Balaban J connectivity index is 2.04. The van der Waals surface area contributed by atoms with E-state index in [1.54, 1.807) is 6.92 Å². The molecule has 0 bridgehead atoms. The average molecular weight is 349 g/mol. The van der Waals surface area contributed by atoms with Crippen molar-refractivity contribution in [1.82, 2.24) is 20.4 Å². The zero-order valence-corrected chi connectivity index (χ0v) is 13.4. The third-order valence-corrected chi connectivity index (χ3v) is 3.43. The van der Waals surface area contributed by atoms with Crippen LogP contribution in [-0.4, -0.2) is 65.8 Å². The van der Waals surface area contributed by atoms with Crippen LogP contribution in [0.5, 0.6) is 0 Å². The molecule has 10 nitrogen and oxygen atoms in total. The molecule has 10 heteroatoms. The SMILES string of the molecule is C/C(=N/NC(=O)c1ccncc1)c1ncc([C@@H](O)[C@H](O)[C@H](O)CO)[nH]1. The highest BCUT2D eigenvalue weighted by molar-refractivity contribution is 5.98. The average Bonchev–Trinajstić information content (AvgIpc) is 3.14. The van der Waals surface area contributed by atoms with Gasteiger partial charge in [0.1, 0.15) is 24.0 Å². The Morgan fingerprint density at radius 1 is 1.32 bits per heavy atom. The van der Waals surface area contributed by atoms with Gasteiger partial charge in [-0.25, -0.2) is 10.4 Å². The standard InChI is InChI=1S/C15H19N5O5/c1-8(19-20-15(25)9-2-4-16-5-3-9)14-17-6-10(18-14)12(23)13(24)11(22)7-21/h2-6,11-13,21-24H,7H2,1H3,(H,17,18)(H,20,25)/b19-8-/t11-,12-,13-/m1/s1. The van der Waals surface area contributed by atoms with Gasteiger partial charge in [-0.3, -0.25) is 9.78 Å². The van der Waals surface area contributed by atoms with E-state index in [0.29, 0.717) is 11.3 Å². The van der Waals surface area contributed by atoms with E-state index < -0.39 is 30.8 Å². The molecule has 0 saturated heterocycles. The number of aliphatic hydroxyl groups is 4. The molecular weight excluding hydrogens is 330 g/mol. The number of nitrogens with one attached hydrogen (secondary N) is 2. The number of amides is 1. The number of aliphatic hydroxyl groups excluding tert-OH is 4. The van der Waals surface area contributed by atoms with Crippen LogP contribution < -0.4 is 5.43 Å². The van der Waals surface area contributed by atoms with E-state index in [-0.39, 0.29) is 11.5 Å². The smallest absolute Gasteiger partial charge is 0.271 e. The molecule has 134 valence electrons.